The Morgan fingerprint density at radius 1 is 0.507 bits per heavy atom. The van der Waals surface area contributed by atoms with Crippen molar-refractivity contribution in [3.05, 3.63) is 159 Å². The minimum absolute atomic E-state index is 0.0314. The zero-order valence-corrected chi connectivity index (χ0v) is 45.9. The molecule has 0 saturated heterocycles. The second-order valence-corrected chi connectivity index (χ2v) is 27.7. The van der Waals surface area contributed by atoms with Crippen LogP contribution in [0.4, 0.5) is 28.4 Å². The van der Waals surface area contributed by atoms with Gasteiger partial charge >= 0.3 is 0 Å². The van der Waals surface area contributed by atoms with Crippen LogP contribution in [0.15, 0.2) is 114 Å². The van der Waals surface area contributed by atoms with Crippen molar-refractivity contribution in [3.63, 3.8) is 0 Å². The molecular weight excluding hydrogens is 856 g/mol. The maximum atomic E-state index is 4.26. The Hall–Kier alpha value is -5.28. The molecule has 0 fully saturated rings. The average molecular weight is 934 g/mol. The Bertz CT molecular complexity index is 3340. The highest BCUT2D eigenvalue weighted by atomic mass is 15.2. The van der Waals surface area contributed by atoms with Crippen LogP contribution >= 0.6 is 0 Å². The highest BCUT2D eigenvalue weighted by molar-refractivity contribution is 6.61. The van der Waals surface area contributed by atoms with Crippen molar-refractivity contribution in [1.29, 1.82) is 0 Å². The number of anilines is 5. The van der Waals surface area contributed by atoms with Crippen molar-refractivity contribution in [1.82, 2.24) is 0 Å². The van der Waals surface area contributed by atoms with E-state index < -0.39 is 0 Å². The SMILES string of the molecule is Cc1cc2c(cc1N(c1cc3c(cc1Nc1ccc4c(c1)C(C)(C)CCC4(C)C)C(C)(C)c1ccccc1-3)c1cc3ccccc3c3c1[B]C1CC3=CC3=C1C(C)(C)CCC3(C)C)C(C)(C)CCC2(C)C. The van der Waals surface area contributed by atoms with Gasteiger partial charge in [0.15, 0.2) is 7.28 Å². The summed E-state index contributed by atoms with van der Waals surface area (Å²) in [5.74, 6) is 0.339. The van der Waals surface area contributed by atoms with Crippen LogP contribution < -0.4 is 15.7 Å². The first kappa shape index (κ1) is 46.8. The van der Waals surface area contributed by atoms with Crippen LogP contribution in [0.5, 0.6) is 0 Å². The molecule has 2 nitrogen and oxygen atoms in total. The predicted molar refractivity (Wildman–Crippen MR) is 307 cm³/mol. The largest absolute Gasteiger partial charge is 0.354 e. The second kappa shape index (κ2) is 15.1. The number of nitrogens with zero attached hydrogens (tertiary/aromatic N) is 1. The topological polar surface area (TPSA) is 15.3 Å². The Morgan fingerprint density at radius 3 is 1.83 bits per heavy atom. The van der Waals surface area contributed by atoms with Crippen LogP contribution in [0, 0.1) is 17.8 Å². The van der Waals surface area contributed by atoms with E-state index in [4.69, 9.17) is 0 Å². The van der Waals surface area contributed by atoms with Gasteiger partial charge in [-0.2, -0.15) is 0 Å². The summed E-state index contributed by atoms with van der Waals surface area (Å²) in [5.41, 5.74) is 26.8. The number of hydrogen-bond acceptors (Lipinski definition) is 2. The Labute approximate surface area is 428 Å². The fraction of sp³-hybridized carbons (Fsp3) is 0.441. The van der Waals surface area contributed by atoms with Crippen LogP contribution in [-0.2, 0) is 27.1 Å². The number of allylic oxidation sites excluding steroid dienone is 4. The smallest absolute Gasteiger partial charge is 0.164 e. The van der Waals surface area contributed by atoms with Gasteiger partial charge in [-0.05, 0) is 204 Å². The maximum Gasteiger partial charge on any atom is 0.164 e. The van der Waals surface area contributed by atoms with Gasteiger partial charge in [0.1, 0.15) is 0 Å². The van der Waals surface area contributed by atoms with Gasteiger partial charge in [0.25, 0.3) is 0 Å². The molecule has 1 atom stereocenters. The number of nitrogens with one attached hydrogen (secondary N) is 1. The highest BCUT2D eigenvalue weighted by Crippen LogP contribution is 2.61. The molecular formula is C68H78BN2. The molecule has 6 aliphatic rings. The Morgan fingerprint density at radius 2 is 1.11 bits per heavy atom. The molecule has 1 radical (unpaired) electrons. The van der Waals surface area contributed by atoms with Gasteiger partial charge < -0.3 is 10.2 Å². The van der Waals surface area contributed by atoms with E-state index in [2.05, 4.69) is 224 Å². The molecule has 0 saturated carbocycles. The Kier molecular flexibility index (Phi) is 9.98. The summed E-state index contributed by atoms with van der Waals surface area (Å²) in [5, 5.41) is 6.91. The molecule has 1 aliphatic heterocycles. The van der Waals surface area contributed by atoms with E-state index in [0.29, 0.717) is 5.82 Å². The first-order valence-electron chi connectivity index (χ1n) is 27.3. The lowest BCUT2D eigenvalue weighted by Crippen LogP contribution is -2.41. The normalized spacial score (nSPS) is 22.7. The standard InChI is InChI=1S/C68H78BN2/c1-40-32-50-52(65(8,9)29-28-63(50,4)5)39-56(40)71(58-35-41-20-16-17-21-44(41)59-42-33-53-60(54(34-42)69-61(58)59)67(12,13)31-30-66(53,10)11)57-37-46-45-22-18-19-23-47(45)68(14,15)49(46)38-55(57)70-43-24-25-48-51(36-43)64(6,7)27-26-62(48,2)3/h16-25,32-33,35-39,54,70H,26-31,34H2,1-15H3. The van der Waals surface area contributed by atoms with Gasteiger partial charge in [-0.25, -0.2) is 0 Å². The third-order valence-electron chi connectivity index (χ3n) is 19.7. The van der Waals surface area contributed by atoms with Crippen LogP contribution in [0.2, 0.25) is 5.82 Å². The van der Waals surface area contributed by atoms with Gasteiger partial charge in [0, 0.05) is 22.5 Å². The maximum absolute atomic E-state index is 4.26. The molecule has 12 rings (SSSR count). The quantitative estimate of drug-likeness (QED) is 0.173. The molecule has 0 aromatic heterocycles. The predicted octanol–water partition coefficient (Wildman–Crippen LogP) is 18.4. The van der Waals surface area contributed by atoms with Crippen molar-refractivity contribution in [2.75, 3.05) is 10.2 Å². The molecule has 3 heteroatoms. The number of fused-ring (bicyclic) bond motifs is 12. The van der Waals surface area contributed by atoms with Crippen LogP contribution in [-0.4, -0.2) is 7.28 Å². The van der Waals surface area contributed by atoms with E-state index in [1.165, 1.54) is 127 Å². The zero-order chi connectivity index (χ0) is 50.2. The summed E-state index contributed by atoms with van der Waals surface area (Å²) in [6.07, 6.45) is 10.9. The minimum atomic E-state index is -0.170. The lowest BCUT2D eigenvalue weighted by molar-refractivity contribution is 0.259. The van der Waals surface area contributed by atoms with E-state index in [0.717, 1.165) is 24.2 Å². The number of aryl methyl sites for hydroxylation is 1. The van der Waals surface area contributed by atoms with Gasteiger partial charge in [0.2, 0.25) is 0 Å². The van der Waals surface area contributed by atoms with Gasteiger partial charge in [-0.15, -0.1) is 0 Å². The van der Waals surface area contributed by atoms with E-state index in [-0.39, 0.29) is 37.9 Å². The zero-order valence-electron chi connectivity index (χ0n) is 45.9. The molecule has 71 heavy (non-hydrogen) atoms. The van der Waals surface area contributed by atoms with E-state index in [1.807, 2.05) is 0 Å². The summed E-state index contributed by atoms with van der Waals surface area (Å²) in [4.78, 5) is 2.74. The molecule has 5 aliphatic carbocycles. The van der Waals surface area contributed by atoms with Crippen molar-refractivity contribution >= 4 is 57.5 Å². The number of rotatable bonds is 5. The number of hydrogen-bond donors (Lipinski definition) is 1. The monoisotopic (exact) mass is 934 g/mol. The minimum Gasteiger partial charge on any atom is -0.354 e. The Balaban J connectivity index is 1.18. The third-order valence-corrected chi connectivity index (χ3v) is 19.7. The van der Waals surface area contributed by atoms with Crippen molar-refractivity contribution in [3.8, 4) is 11.1 Å². The third kappa shape index (κ3) is 7.00. The lowest BCUT2D eigenvalue weighted by Gasteiger charge is -2.50. The first-order valence-corrected chi connectivity index (χ1v) is 27.3. The molecule has 6 aromatic rings. The molecule has 0 amide bonds. The van der Waals surface area contributed by atoms with Crippen LogP contribution in [0.25, 0.3) is 27.5 Å². The van der Waals surface area contributed by atoms with Crippen molar-refractivity contribution in [2.45, 2.75) is 182 Å². The fourth-order valence-corrected chi connectivity index (χ4v) is 14.9. The van der Waals surface area contributed by atoms with Crippen molar-refractivity contribution < 1.29 is 0 Å². The summed E-state index contributed by atoms with van der Waals surface area (Å²) in [6.45, 7) is 37.0. The summed E-state index contributed by atoms with van der Waals surface area (Å²) in [6, 6.07) is 38.7. The second-order valence-electron chi connectivity index (χ2n) is 27.7. The van der Waals surface area contributed by atoms with Crippen LogP contribution in [0.1, 0.15) is 186 Å². The molecule has 0 spiro atoms. The average Bonchev–Trinajstić information content (AvgIpc) is 3.53. The molecule has 1 unspecified atom stereocenters. The summed E-state index contributed by atoms with van der Waals surface area (Å²) < 4.78 is 0. The van der Waals surface area contributed by atoms with E-state index >= 15 is 0 Å². The molecule has 1 N–H and O–H groups in total. The molecule has 2 bridgehead atoms. The van der Waals surface area contributed by atoms with Gasteiger partial charge in [0.05, 0.1) is 11.4 Å². The highest BCUT2D eigenvalue weighted by Gasteiger charge is 2.47. The van der Waals surface area contributed by atoms with E-state index in [9.17, 15) is 0 Å². The molecule has 363 valence electrons. The molecule has 6 aromatic carbocycles. The van der Waals surface area contributed by atoms with Crippen molar-refractivity contribution in [2.24, 2.45) is 10.8 Å². The molecule has 1 heterocycles. The number of benzene rings is 6. The van der Waals surface area contributed by atoms with Crippen LogP contribution in [0.3, 0.4) is 0 Å². The summed E-state index contributed by atoms with van der Waals surface area (Å²) in [7, 11) is 2.74. The summed E-state index contributed by atoms with van der Waals surface area (Å²) >= 11 is 0. The van der Waals surface area contributed by atoms with Gasteiger partial charge in [-0.3, -0.25) is 0 Å². The van der Waals surface area contributed by atoms with Gasteiger partial charge in [-0.1, -0.05) is 175 Å². The first-order chi connectivity index (χ1) is 33.3. The van der Waals surface area contributed by atoms with E-state index in [1.54, 1.807) is 11.1 Å². The lowest BCUT2D eigenvalue weighted by atomic mass is 9.42. The fourth-order valence-electron chi connectivity index (χ4n) is 14.9.